The molecule has 0 aliphatic heterocycles. The quantitative estimate of drug-likeness (QED) is 0.0721. The Morgan fingerprint density at radius 2 is 1.46 bits per heavy atom. The molecule has 290 valence electrons. The fourth-order valence-corrected chi connectivity index (χ4v) is 10.9. The molecule has 4 rings (SSSR count). The van der Waals surface area contributed by atoms with Crippen molar-refractivity contribution in [3.05, 3.63) is 23.8 Å². The fraction of sp³-hybridized carbons (Fsp3) is 0.913. The summed E-state index contributed by atoms with van der Waals surface area (Å²) in [7, 11) is 0. The molecular weight excluding hydrogens is 617 g/mol. The highest BCUT2D eigenvalue weighted by Gasteiger charge is 2.54. The van der Waals surface area contributed by atoms with Gasteiger partial charge in [-0.2, -0.15) is 0 Å². The Kier molecular flexibility index (Phi) is 19.5. The highest BCUT2D eigenvalue weighted by Crippen LogP contribution is 2.63. The maximum atomic E-state index is 10.1. The molecule has 9 atom stereocenters. The summed E-state index contributed by atoms with van der Waals surface area (Å²) in [4.78, 5) is 0. The predicted molar refractivity (Wildman–Crippen MR) is 211 cm³/mol. The van der Waals surface area contributed by atoms with Crippen LogP contribution in [0.25, 0.3) is 0 Å². The zero-order valence-corrected chi connectivity index (χ0v) is 33.7. The molecule has 4 heteroatoms. The van der Waals surface area contributed by atoms with E-state index in [2.05, 4.69) is 52.8 Å². The molecule has 3 fully saturated rings. The van der Waals surface area contributed by atoms with E-state index in [4.69, 9.17) is 14.2 Å². The molecule has 4 aliphatic rings. The van der Waals surface area contributed by atoms with Gasteiger partial charge < -0.3 is 19.3 Å². The monoisotopic (exact) mass is 699 g/mol. The van der Waals surface area contributed by atoms with Crippen LogP contribution in [0, 0.1) is 46.8 Å². The van der Waals surface area contributed by atoms with Crippen molar-refractivity contribution in [1.29, 1.82) is 0 Å². The van der Waals surface area contributed by atoms with Crippen LogP contribution in [0.15, 0.2) is 23.8 Å². The van der Waals surface area contributed by atoms with E-state index in [0.29, 0.717) is 31.3 Å². The van der Waals surface area contributed by atoms with Crippen molar-refractivity contribution in [3.8, 4) is 0 Å². The third-order valence-corrected chi connectivity index (χ3v) is 13.8. The predicted octanol–water partition coefficient (Wildman–Crippen LogP) is 12.3. The zero-order valence-electron chi connectivity index (χ0n) is 33.7. The van der Waals surface area contributed by atoms with Crippen LogP contribution in [-0.4, -0.2) is 50.3 Å². The molecule has 0 spiro atoms. The molecule has 4 aliphatic carbocycles. The van der Waals surface area contributed by atoms with Crippen molar-refractivity contribution in [3.63, 3.8) is 0 Å². The minimum Gasteiger partial charge on any atom is -0.388 e. The molecule has 0 bridgehead atoms. The second-order valence-corrected chi connectivity index (χ2v) is 18.0. The Bertz CT molecular complexity index is 958. The zero-order chi connectivity index (χ0) is 35.6. The lowest BCUT2D eigenvalue weighted by molar-refractivity contribution is -0.0331. The number of hydrogen-bond acceptors (Lipinski definition) is 4. The minimum absolute atomic E-state index is 0.373. The lowest BCUT2D eigenvalue weighted by Gasteiger charge is -2.55. The highest BCUT2D eigenvalue weighted by molar-refractivity contribution is 5.24. The topological polar surface area (TPSA) is 47.9 Å². The summed E-state index contributed by atoms with van der Waals surface area (Å²) in [6.07, 6.45) is 35.7. The first-order valence-electron chi connectivity index (χ1n) is 22.1. The number of fused-ring (bicyclic) bond motifs is 5. The van der Waals surface area contributed by atoms with Crippen molar-refractivity contribution in [2.75, 3.05) is 33.0 Å². The molecule has 2 unspecified atom stereocenters. The summed E-state index contributed by atoms with van der Waals surface area (Å²) < 4.78 is 17.8. The van der Waals surface area contributed by atoms with E-state index in [0.717, 1.165) is 73.9 Å². The molecule has 0 aromatic heterocycles. The van der Waals surface area contributed by atoms with Crippen LogP contribution in [0.4, 0.5) is 0 Å². The van der Waals surface area contributed by atoms with Gasteiger partial charge in [-0.05, 0) is 137 Å². The van der Waals surface area contributed by atoms with Crippen molar-refractivity contribution in [2.24, 2.45) is 46.8 Å². The van der Waals surface area contributed by atoms with Crippen molar-refractivity contribution in [1.82, 2.24) is 0 Å². The second-order valence-electron chi connectivity index (χ2n) is 18.0. The van der Waals surface area contributed by atoms with Gasteiger partial charge in [0, 0.05) is 19.8 Å². The molecule has 50 heavy (non-hydrogen) atoms. The largest absolute Gasteiger partial charge is 0.388 e. The van der Waals surface area contributed by atoms with Crippen LogP contribution in [0.2, 0.25) is 0 Å². The number of rotatable bonds is 26. The number of ether oxygens (including phenoxy) is 3. The molecule has 3 saturated carbocycles. The summed E-state index contributed by atoms with van der Waals surface area (Å²) in [5.41, 5.74) is 2.20. The Balaban J connectivity index is 1.00. The molecule has 0 heterocycles. The summed E-state index contributed by atoms with van der Waals surface area (Å²) >= 11 is 0. The summed E-state index contributed by atoms with van der Waals surface area (Å²) in [6.45, 7) is 15.4. The smallest absolute Gasteiger partial charge is 0.101 e. The molecule has 0 aromatic carbocycles. The normalized spacial score (nSPS) is 30.7. The molecule has 0 radical (unpaired) electrons. The van der Waals surface area contributed by atoms with Crippen molar-refractivity contribution < 1.29 is 19.3 Å². The number of unbranched alkanes of at least 4 members (excludes halogenated alkanes) is 8. The number of allylic oxidation sites excluding steroid dienone is 3. The Labute approximate surface area is 310 Å². The average Bonchev–Trinajstić information content (AvgIpc) is 3.54. The Hall–Kier alpha value is -0.680. The molecule has 0 saturated heterocycles. The van der Waals surface area contributed by atoms with Crippen molar-refractivity contribution in [2.45, 2.75) is 188 Å². The van der Waals surface area contributed by atoms with Gasteiger partial charge in [0.2, 0.25) is 0 Å². The third-order valence-electron chi connectivity index (χ3n) is 13.8. The van der Waals surface area contributed by atoms with Gasteiger partial charge in [0.15, 0.2) is 0 Å². The van der Waals surface area contributed by atoms with Crippen LogP contribution < -0.4 is 0 Å². The van der Waals surface area contributed by atoms with Crippen LogP contribution in [0.5, 0.6) is 0 Å². The second kappa shape index (κ2) is 23.2. The lowest BCUT2D eigenvalue weighted by atomic mass is 9.50. The fourth-order valence-electron chi connectivity index (χ4n) is 10.9. The first-order valence-corrected chi connectivity index (χ1v) is 22.1. The minimum atomic E-state index is -0.520. The third kappa shape index (κ3) is 13.3. The van der Waals surface area contributed by atoms with Crippen molar-refractivity contribution >= 4 is 0 Å². The van der Waals surface area contributed by atoms with Gasteiger partial charge in [-0.15, -0.1) is 0 Å². The van der Waals surface area contributed by atoms with Gasteiger partial charge in [0.25, 0.3) is 0 Å². The maximum Gasteiger partial charge on any atom is 0.101 e. The number of aliphatic hydroxyl groups is 1. The molecule has 0 amide bonds. The van der Waals surface area contributed by atoms with Crippen LogP contribution in [0.1, 0.15) is 176 Å². The average molecular weight is 699 g/mol. The van der Waals surface area contributed by atoms with E-state index in [1.54, 1.807) is 5.57 Å². The number of aliphatic hydroxyl groups excluding tert-OH is 1. The summed E-state index contributed by atoms with van der Waals surface area (Å²) in [6, 6.07) is 0. The molecule has 1 N–H and O–H groups in total. The van der Waals surface area contributed by atoms with Gasteiger partial charge in [0.1, 0.15) is 6.10 Å². The number of hydrogen-bond donors (Lipinski definition) is 1. The van der Waals surface area contributed by atoms with E-state index < -0.39 is 6.10 Å². The first kappa shape index (κ1) is 42.1. The summed E-state index contributed by atoms with van der Waals surface area (Å²) in [5, 5.41) is 10.1. The highest BCUT2D eigenvalue weighted by atomic mass is 16.5. The standard InChI is InChI=1S/C46H82O4/c1-6-7-8-9-10-11-13-16-30-48-34-39(47)35-49-31-17-14-12-15-18-32-50-40-28-29-46(5)38(33-40)22-23-44-43-25-24-41(42(43)26-27-45(44)46)37(4)21-19-20-36(2)3/h10-11,22,36-37,39-45,47H,6-9,12-21,23-35H2,1-5H3/t37-,39+,40+,41-,42-,43?,44+,45?,46+/m1/s1. The molecule has 0 aromatic rings. The molecule has 4 nitrogen and oxygen atoms in total. The SMILES string of the molecule is CCCCCC=CCCCOC[C@H](O)COCCCCCCCO[C@H]1CC[C@@]2(C)C(=CC[C@H]3C4CC[C@H]([C@H](C)CCCC(C)C)[C@H]4CCC32)C1. The maximum absolute atomic E-state index is 10.1. The lowest BCUT2D eigenvalue weighted by Crippen LogP contribution is -2.48. The van der Waals surface area contributed by atoms with E-state index in [1.807, 2.05) is 0 Å². The van der Waals surface area contributed by atoms with E-state index in [9.17, 15) is 5.11 Å². The Morgan fingerprint density at radius 1 is 0.760 bits per heavy atom. The van der Waals surface area contributed by atoms with E-state index in [-0.39, 0.29) is 0 Å². The van der Waals surface area contributed by atoms with Gasteiger partial charge in [-0.3, -0.25) is 0 Å². The first-order chi connectivity index (χ1) is 24.3. The Morgan fingerprint density at radius 3 is 2.22 bits per heavy atom. The summed E-state index contributed by atoms with van der Waals surface area (Å²) in [5.74, 6) is 6.66. The molecular formula is C46H82O4. The van der Waals surface area contributed by atoms with Gasteiger partial charge in [-0.1, -0.05) is 110 Å². The van der Waals surface area contributed by atoms with Crippen LogP contribution >= 0.6 is 0 Å². The van der Waals surface area contributed by atoms with Crippen LogP contribution in [-0.2, 0) is 14.2 Å². The van der Waals surface area contributed by atoms with Gasteiger partial charge >= 0.3 is 0 Å². The van der Waals surface area contributed by atoms with E-state index >= 15 is 0 Å². The van der Waals surface area contributed by atoms with Gasteiger partial charge in [-0.25, -0.2) is 0 Å². The van der Waals surface area contributed by atoms with Crippen LogP contribution in [0.3, 0.4) is 0 Å². The van der Waals surface area contributed by atoms with Gasteiger partial charge in [0.05, 0.1) is 19.3 Å². The van der Waals surface area contributed by atoms with E-state index in [1.165, 1.54) is 122 Å².